The lowest BCUT2D eigenvalue weighted by Gasteiger charge is -2.33. The fourth-order valence-corrected chi connectivity index (χ4v) is 3.23. The lowest BCUT2D eigenvalue weighted by atomic mass is 10.0. The molecule has 0 aliphatic carbocycles. The predicted molar refractivity (Wildman–Crippen MR) is 77.8 cm³/mol. The summed E-state index contributed by atoms with van der Waals surface area (Å²) in [4.78, 5) is 2.47. The van der Waals surface area contributed by atoms with Gasteiger partial charge in [-0.1, -0.05) is 17.7 Å². The maximum Gasteiger partial charge on any atom is 0.123 e. The molecule has 2 unspecified atom stereocenters. The third-order valence-electron chi connectivity index (χ3n) is 4.34. The number of benzene rings is 1. The van der Waals surface area contributed by atoms with Crippen molar-refractivity contribution in [3.8, 4) is 5.75 Å². The van der Waals surface area contributed by atoms with Crippen molar-refractivity contribution in [2.45, 2.75) is 38.3 Å². The van der Waals surface area contributed by atoms with Crippen molar-refractivity contribution in [1.82, 2.24) is 10.2 Å². The van der Waals surface area contributed by atoms with E-state index in [1.807, 2.05) is 0 Å². The molecule has 1 aromatic carbocycles. The van der Waals surface area contributed by atoms with Crippen LogP contribution in [0.4, 0.5) is 0 Å². The Bertz CT molecular complexity index is 440. The van der Waals surface area contributed by atoms with E-state index in [1.165, 1.54) is 30.5 Å². The van der Waals surface area contributed by atoms with Crippen LogP contribution in [0.25, 0.3) is 0 Å². The molecule has 2 atom stereocenters. The Morgan fingerprint density at radius 1 is 1.42 bits per heavy atom. The number of aryl methyl sites for hydroxylation is 1. The Labute approximate surface area is 115 Å². The zero-order chi connectivity index (χ0) is 13.2. The smallest absolute Gasteiger partial charge is 0.123 e. The van der Waals surface area contributed by atoms with E-state index in [1.54, 1.807) is 0 Å². The van der Waals surface area contributed by atoms with E-state index in [4.69, 9.17) is 4.74 Å². The average Bonchev–Trinajstić information content (AvgIpc) is 2.81. The predicted octanol–water partition coefficient (Wildman–Crippen LogP) is 1.98. The molecule has 2 heterocycles. The second kappa shape index (κ2) is 5.51. The summed E-state index contributed by atoms with van der Waals surface area (Å²) >= 11 is 0. The van der Waals surface area contributed by atoms with Crippen LogP contribution >= 0.6 is 0 Å². The summed E-state index contributed by atoms with van der Waals surface area (Å²) in [6, 6.07) is 7.18. The molecule has 2 aliphatic rings. The summed E-state index contributed by atoms with van der Waals surface area (Å²) in [5.41, 5.74) is 2.70. The Balaban J connectivity index is 1.57. The van der Waals surface area contributed by atoms with E-state index in [0.29, 0.717) is 12.1 Å². The molecule has 1 saturated heterocycles. The van der Waals surface area contributed by atoms with Crippen molar-refractivity contribution in [2.24, 2.45) is 0 Å². The fourth-order valence-electron chi connectivity index (χ4n) is 3.23. The molecular weight excluding hydrogens is 236 g/mol. The summed E-state index contributed by atoms with van der Waals surface area (Å²) in [7, 11) is 2.23. The van der Waals surface area contributed by atoms with E-state index in [9.17, 15) is 0 Å². The van der Waals surface area contributed by atoms with Gasteiger partial charge in [-0.05, 0) is 45.0 Å². The van der Waals surface area contributed by atoms with Crippen LogP contribution in [0, 0.1) is 6.92 Å². The second-order valence-electron chi connectivity index (χ2n) is 5.99. The van der Waals surface area contributed by atoms with Crippen LogP contribution in [-0.2, 0) is 6.42 Å². The van der Waals surface area contributed by atoms with Gasteiger partial charge in [0, 0.05) is 25.6 Å². The number of likely N-dealkylation sites (N-methyl/N-ethyl adjacent to an activating group) is 1. The van der Waals surface area contributed by atoms with Gasteiger partial charge in [0.1, 0.15) is 11.9 Å². The lowest BCUT2D eigenvalue weighted by molar-refractivity contribution is 0.125. The van der Waals surface area contributed by atoms with E-state index >= 15 is 0 Å². The normalized spacial score (nSPS) is 26.3. The third kappa shape index (κ3) is 2.93. The highest BCUT2D eigenvalue weighted by Gasteiger charge is 2.26. The van der Waals surface area contributed by atoms with E-state index in [-0.39, 0.29) is 0 Å². The molecule has 0 spiro atoms. The first-order chi connectivity index (χ1) is 9.22. The third-order valence-corrected chi connectivity index (χ3v) is 4.34. The topological polar surface area (TPSA) is 24.5 Å². The van der Waals surface area contributed by atoms with Crippen molar-refractivity contribution in [3.05, 3.63) is 29.3 Å². The van der Waals surface area contributed by atoms with Crippen LogP contribution in [0.15, 0.2) is 18.2 Å². The van der Waals surface area contributed by atoms with E-state index < -0.39 is 0 Å². The molecule has 0 saturated carbocycles. The molecule has 3 heteroatoms. The molecule has 1 fully saturated rings. The van der Waals surface area contributed by atoms with Crippen molar-refractivity contribution in [3.63, 3.8) is 0 Å². The van der Waals surface area contributed by atoms with Gasteiger partial charge in [0.15, 0.2) is 0 Å². The number of rotatable bonds is 3. The van der Waals surface area contributed by atoms with Gasteiger partial charge >= 0.3 is 0 Å². The molecule has 0 aromatic heterocycles. The van der Waals surface area contributed by atoms with Crippen molar-refractivity contribution >= 4 is 0 Å². The van der Waals surface area contributed by atoms with Crippen molar-refractivity contribution in [1.29, 1.82) is 0 Å². The van der Waals surface area contributed by atoms with Gasteiger partial charge in [-0.25, -0.2) is 0 Å². The second-order valence-corrected chi connectivity index (χ2v) is 5.99. The van der Waals surface area contributed by atoms with Crippen LogP contribution in [0.1, 0.15) is 24.0 Å². The number of hydrogen-bond acceptors (Lipinski definition) is 3. The standard InChI is InChI=1S/C16H24N2O/c1-12-5-6-16-13(8-12)9-15(19-16)11-18(2)14-4-3-7-17-10-14/h5-6,8,14-15,17H,3-4,7,9-11H2,1-2H3. The largest absolute Gasteiger partial charge is 0.488 e. The molecule has 2 aliphatic heterocycles. The minimum atomic E-state index is 0.323. The molecule has 3 rings (SSSR count). The Hall–Kier alpha value is -1.06. The van der Waals surface area contributed by atoms with Gasteiger partial charge < -0.3 is 10.1 Å². The minimum Gasteiger partial charge on any atom is -0.488 e. The number of nitrogens with zero attached hydrogens (tertiary/aromatic N) is 1. The maximum atomic E-state index is 6.06. The molecule has 0 bridgehead atoms. The number of fused-ring (bicyclic) bond motifs is 1. The van der Waals surface area contributed by atoms with Gasteiger partial charge in [-0.15, -0.1) is 0 Å². The summed E-state index contributed by atoms with van der Waals surface area (Å²) in [6.45, 7) is 5.47. The highest BCUT2D eigenvalue weighted by Crippen LogP contribution is 2.30. The first-order valence-electron chi connectivity index (χ1n) is 7.39. The lowest BCUT2D eigenvalue weighted by Crippen LogP contribution is -2.47. The first kappa shape index (κ1) is 12.9. The fraction of sp³-hybridized carbons (Fsp3) is 0.625. The zero-order valence-electron chi connectivity index (χ0n) is 12.0. The highest BCUT2D eigenvalue weighted by atomic mass is 16.5. The molecular formula is C16H24N2O. The van der Waals surface area contributed by atoms with E-state index in [2.05, 4.69) is 42.4 Å². The molecule has 1 aromatic rings. The molecule has 0 radical (unpaired) electrons. The molecule has 3 nitrogen and oxygen atoms in total. The molecule has 0 amide bonds. The molecule has 19 heavy (non-hydrogen) atoms. The van der Waals surface area contributed by atoms with Crippen LogP contribution in [0.3, 0.4) is 0 Å². The monoisotopic (exact) mass is 260 g/mol. The van der Waals surface area contributed by atoms with Gasteiger partial charge in [0.05, 0.1) is 0 Å². The summed E-state index contributed by atoms with van der Waals surface area (Å²) in [5, 5.41) is 3.48. The summed E-state index contributed by atoms with van der Waals surface area (Å²) in [5.74, 6) is 1.09. The zero-order valence-corrected chi connectivity index (χ0v) is 12.0. The van der Waals surface area contributed by atoms with Gasteiger partial charge in [-0.2, -0.15) is 0 Å². The first-order valence-corrected chi connectivity index (χ1v) is 7.39. The highest BCUT2D eigenvalue weighted by molar-refractivity contribution is 5.40. The average molecular weight is 260 g/mol. The quantitative estimate of drug-likeness (QED) is 0.899. The number of hydrogen-bond donors (Lipinski definition) is 1. The van der Waals surface area contributed by atoms with Crippen LogP contribution in [-0.4, -0.2) is 43.7 Å². The number of piperidine rings is 1. The van der Waals surface area contributed by atoms with Gasteiger partial charge in [0.2, 0.25) is 0 Å². The van der Waals surface area contributed by atoms with Crippen LogP contribution in [0.5, 0.6) is 5.75 Å². The number of nitrogens with one attached hydrogen (secondary N) is 1. The van der Waals surface area contributed by atoms with Gasteiger partial charge in [0.25, 0.3) is 0 Å². The Kier molecular flexibility index (Phi) is 3.76. The molecule has 1 N–H and O–H groups in total. The van der Waals surface area contributed by atoms with Crippen molar-refractivity contribution < 1.29 is 4.74 Å². The number of ether oxygens (including phenoxy) is 1. The molecule has 104 valence electrons. The summed E-state index contributed by atoms with van der Waals surface area (Å²) < 4.78 is 6.06. The Morgan fingerprint density at radius 2 is 2.32 bits per heavy atom. The SMILES string of the molecule is Cc1ccc2c(c1)CC(CN(C)C1CCCNC1)O2. The van der Waals surface area contributed by atoms with E-state index in [0.717, 1.165) is 25.3 Å². The summed E-state index contributed by atoms with van der Waals surface area (Å²) in [6.07, 6.45) is 3.98. The van der Waals surface area contributed by atoms with Crippen LogP contribution in [0.2, 0.25) is 0 Å². The van der Waals surface area contributed by atoms with Crippen molar-refractivity contribution in [2.75, 3.05) is 26.7 Å². The van der Waals surface area contributed by atoms with Gasteiger partial charge in [-0.3, -0.25) is 4.90 Å². The Morgan fingerprint density at radius 3 is 3.11 bits per heavy atom. The van der Waals surface area contributed by atoms with Crippen LogP contribution < -0.4 is 10.1 Å². The minimum absolute atomic E-state index is 0.323. The maximum absolute atomic E-state index is 6.06.